The Morgan fingerprint density at radius 1 is 1.53 bits per heavy atom. The molecule has 0 amide bonds. The van der Waals surface area contributed by atoms with Gasteiger partial charge in [0.15, 0.2) is 0 Å². The Bertz CT molecular complexity index is 279. The van der Waals surface area contributed by atoms with Gasteiger partial charge in [0.2, 0.25) is 0 Å². The van der Waals surface area contributed by atoms with Gasteiger partial charge >= 0.3 is 5.97 Å². The molecule has 3 atom stereocenters. The van der Waals surface area contributed by atoms with E-state index in [1.165, 1.54) is 0 Å². The van der Waals surface area contributed by atoms with E-state index < -0.39 is 5.60 Å². The SMILES string of the molecule is CC(C)(O)[C@H]1CC[C@]2(C)C[C@H]1CC(=O)O2. The summed E-state index contributed by atoms with van der Waals surface area (Å²) in [6.45, 7) is 5.71. The number of carbonyl (C=O) groups excluding carboxylic acids is 1. The van der Waals surface area contributed by atoms with Gasteiger partial charge in [-0.25, -0.2) is 0 Å². The minimum Gasteiger partial charge on any atom is -0.459 e. The highest BCUT2D eigenvalue weighted by molar-refractivity contribution is 5.71. The van der Waals surface area contributed by atoms with Crippen LogP contribution in [-0.4, -0.2) is 22.3 Å². The van der Waals surface area contributed by atoms with E-state index in [-0.39, 0.29) is 17.5 Å². The van der Waals surface area contributed by atoms with E-state index in [1.807, 2.05) is 20.8 Å². The highest BCUT2D eigenvalue weighted by Crippen LogP contribution is 2.47. The number of fused-ring (bicyclic) bond motifs is 2. The third-order valence-corrected chi connectivity index (χ3v) is 3.94. The van der Waals surface area contributed by atoms with Crippen molar-refractivity contribution in [2.45, 2.75) is 57.7 Å². The lowest BCUT2D eigenvalue weighted by Gasteiger charge is -2.49. The molecule has 0 unspecified atom stereocenters. The molecule has 0 aromatic carbocycles. The molecule has 2 aliphatic rings. The van der Waals surface area contributed by atoms with Crippen LogP contribution in [0.5, 0.6) is 0 Å². The second-order valence-corrected chi connectivity index (χ2v) is 5.89. The first-order valence-electron chi connectivity index (χ1n) is 5.74. The molecule has 1 heterocycles. The topological polar surface area (TPSA) is 46.5 Å². The molecular formula is C12H20O3. The molecule has 2 rings (SSSR count). The average Bonchev–Trinajstić information content (AvgIpc) is 1.97. The van der Waals surface area contributed by atoms with Crippen LogP contribution in [-0.2, 0) is 9.53 Å². The molecule has 0 spiro atoms. The van der Waals surface area contributed by atoms with Crippen molar-refractivity contribution in [3.63, 3.8) is 0 Å². The third-order valence-electron chi connectivity index (χ3n) is 3.94. The maximum Gasteiger partial charge on any atom is 0.306 e. The van der Waals surface area contributed by atoms with Crippen LogP contribution >= 0.6 is 0 Å². The molecule has 0 aromatic heterocycles. The van der Waals surface area contributed by atoms with E-state index in [2.05, 4.69) is 0 Å². The highest BCUT2D eigenvalue weighted by Gasteiger charge is 2.48. The maximum absolute atomic E-state index is 11.5. The van der Waals surface area contributed by atoms with E-state index in [0.29, 0.717) is 12.3 Å². The first-order valence-corrected chi connectivity index (χ1v) is 5.74. The Labute approximate surface area is 90.8 Å². The van der Waals surface area contributed by atoms with Crippen molar-refractivity contribution in [3.8, 4) is 0 Å². The molecule has 3 heteroatoms. The fraction of sp³-hybridized carbons (Fsp3) is 0.917. The van der Waals surface area contributed by atoms with Gasteiger partial charge in [0.25, 0.3) is 0 Å². The van der Waals surface area contributed by atoms with Crippen LogP contribution < -0.4 is 0 Å². The largest absolute Gasteiger partial charge is 0.459 e. The van der Waals surface area contributed by atoms with Crippen molar-refractivity contribution in [2.75, 3.05) is 0 Å². The molecule has 1 saturated carbocycles. The van der Waals surface area contributed by atoms with Crippen LogP contribution in [0.25, 0.3) is 0 Å². The van der Waals surface area contributed by atoms with Crippen molar-refractivity contribution in [1.82, 2.24) is 0 Å². The van der Waals surface area contributed by atoms with Crippen molar-refractivity contribution < 1.29 is 14.6 Å². The second kappa shape index (κ2) is 3.21. The molecule has 0 radical (unpaired) electrons. The number of hydrogen-bond donors (Lipinski definition) is 1. The molecule has 2 fully saturated rings. The van der Waals surface area contributed by atoms with Crippen molar-refractivity contribution in [2.24, 2.45) is 11.8 Å². The quantitative estimate of drug-likeness (QED) is 0.675. The monoisotopic (exact) mass is 212 g/mol. The molecule has 0 aromatic rings. The first kappa shape index (κ1) is 10.9. The molecule has 2 bridgehead atoms. The summed E-state index contributed by atoms with van der Waals surface area (Å²) in [6.07, 6.45) is 3.22. The highest BCUT2D eigenvalue weighted by atomic mass is 16.6. The zero-order chi connectivity index (χ0) is 11.3. The number of aliphatic hydroxyl groups is 1. The first-order chi connectivity index (χ1) is 6.80. The normalized spacial score (nSPS) is 41.2. The van der Waals surface area contributed by atoms with Crippen molar-refractivity contribution in [3.05, 3.63) is 0 Å². The van der Waals surface area contributed by atoms with Crippen molar-refractivity contribution >= 4 is 5.97 Å². The number of carbonyl (C=O) groups is 1. The fourth-order valence-electron chi connectivity index (χ4n) is 3.26. The van der Waals surface area contributed by atoms with Crippen LogP contribution in [0.4, 0.5) is 0 Å². The average molecular weight is 212 g/mol. The molecule has 15 heavy (non-hydrogen) atoms. The van der Waals surface area contributed by atoms with E-state index in [1.54, 1.807) is 0 Å². The van der Waals surface area contributed by atoms with Gasteiger partial charge in [-0.1, -0.05) is 0 Å². The fourth-order valence-corrected chi connectivity index (χ4v) is 3.26. The molecular weight excluding hydrogens is 192 g/mol. The van der Waals surface area contributed by atoms with Gasteiger partial charge in [-0.2, -0.15) is 0 Å². The Hall–Kier alpha value is -0.570. The predicted octanol–water partition coefficient (Wildman–Crippen LogP) is 1.88. The molecule has 3 nitrogen and oxygen atoms in total. The van der Waals surface area contributed by atoms with Gasteiger partial charge in [0, 0.05) is 6.42 Å². The van der Waals surface area contributed by atoms with Crippen LogP contribution in [0.15, 0.2) is 0 Å². The second-order valence-electron chi connectivity index (χ2n) is 5.89. The summed E-state index contributed by atoms with van der Waals surface area (Å²) in [7, 11) is 0. The summed E-state index contributed by atoms with van der Waals surface area (Å²) in [6, 6.07) is 0. The van der Waals surface area contributed by atoms with E-state index in [9.17, 15) is 9.90 Å². The Morgan fingerprint density at radius 2 is 2.20 bits per heavy atom. The summed E-state index contributed by atoms with van der Waals surface area (Å²) >= 11 is 0. The van der Waals surface area contributed by atoms with Crippen LogP contribution in [0.3, 0.4) is 0 Å². The van der Waals surface area contributed by atoms with Gasteiger partial charge in [-0.3, -0.25) is 4.79 Å². The molecule has 1 saturated heterocycles. The third kappa shape index (κ3) is 2.03. The summed E-state index contributed by atoms with van der Waals surface area (Å²) < 4.78 is 5.39. The van der Waals surface area contributed by atoms with Gasteiger partial charge in [-0.15, -0.1) is 0 Å². The number of hydrogen-bond acceptors (Lipinski definition) is 3. The van der Waals surface area contributed by atoms with Gasteiger partial charge in [0.05, 0.1) is 5.60 Å². The lowest BCUT2D eigenvalue weighted by molar-refractivity contribution is -0.185. The van der Waals surface area contributed by atoms with Gasteiger partial charge in [0.1, 0.15) is 5.60 Å². The van der Waals surface area contributed by atoms with Gasteiger partial charge in [-0.05, 0) is 51.9 Å². The number of ether oxygens (including phenoxy) is 1. The Balaban J connectivity index is 2.19. The van der Waals surface area contributed by atoms with E-state index in [4.69, 9.17) is 4.74 Å². The van der Waals surface area contributed by atoms with Gasteiger partial charge < -0.3 is 9.84 Å². The van der Waals surface area contributed by atoms with Crippen molar-refractivity contribution in [1.29, 1.82) is 0 Å². The Kier molecular flexibility index (Phi) is 2.34. The molecule has 1 aliphatic carbocycles. The standard InChI is InChI=1S/C12H20O3/c1-11(2,14)9-4-5-12(3)7-8(9)6-10(13)15-12/h8-9,14H,4-7H2,1-3H3/t8-,9+,12-/m1/s1. The Morgan fingerprint density at radius 3 is 2.80 bits per heavy atom. The zero-order valence-electron chi connectivity index (χ0n) is 9.75. The predicted molar refractivity (Wildman–Crippen MR) is 56.2 cm³/mol. The minimum absolute atomic E-state index is 0.0947. The van der Waals surface area contributed by atoms with E-state index >= 15 is 0 Å². The minimum atomic E-state index is -0.677. The smallest absolute Gasteiger partial charge is 0.306 e. The molecule has 1 N–H and O–H groups in total. The lowest BCUT2D eigenvalue weighted by Crippen LogP contribution is -2.51. The molecule has 86 valence electrons. The molecule has 1 aliphatic heterocycles. The maximum atomic E-state index is 11.5. The van der Waals surface area contributed by atoms with Crippen LogP contribution in [0.1, 0.15) is 46.5 Å². The summed E-state index contributed by atoms with van der Waals surface area (Å²) in [5.74, 6) is 0.436. The van der Waals surface area contributed by atoms with Crippen LogP contribution in [0, 0.1) is 11.8 Å². The van der Waals surface area contributed by atoms with E-state index in [0.717, 1.165) is 19.3 Å². The summed E-state index contributed by atoms with van der Waals surface area (Å²) in [4.78, 5) is 11.5. The summed E-state index contributed by atoms with van der Waals surface area (Å²) in [5.41, 5.74) is -0.939. The number of rotatable bonds is 1. The number of esters is 1. The zero-order valence-corrected chi connectivity index (χ0v) is 9.75. The van der Waals surface area contributed by atoms with Crippen LogP contribution in [0.2, 0.25) is 0 Å². The summed E-state index contributed by atoms with van der Waals surface area (Å²) in [5, 5.41) is 10.1. The lowest BCUT2D eigenvalue weighted by atomic mass is 9.64.